The Hall–Kier alpha value is -0.870. The summed E-state index contributed by atoms with van der Waals surface area (Å²) in [7, 11) is 0. The highest BCUT2D eigenvalue weighted by molar-refractivity contribution is 9.10. The van der Waals surface area contributed by atoms with Crippen LogP contribution in [0.2, 0.25) is 0 Å². The fourth-order valence-electron chi connectivity index (χ4n) is 1.47. The molecule has 3 nitrogen and oxygen atoms in total. The second-order valence-electron chi connectivity index (χ2n) is 4.56. The summed E-state index contributed by atoms with van der Waals surface area (Å²) < 4.78 is 1.00. The number of nitrogens with two attached hydrogens (primary N) is 1. The van der Waals surface area contributed by atoms with E-state index >= 15 is 0 Å². The first-order valence-electron chi connectivity index (χ1n) is 5.73. The van der Waals surface area contributed by atoms with E-state index in [9.17, 15) is 4.79 Å². The summed E-state index contributed by atoms with van der Waals surface area (Å²) in [5.41, 5.74) is 6.85. The van der Waals surface area contributed by atoms with Crippen molar-refractivity contribution >= 4 is 21.8 Å². The molecular formula is C13H19BrN2O. The Labute approximate surface area is 111 Å². The Morgan fingerprint density at radius 3 is 2.53 bits per heavy atom. The molecule has 17 heavy (non-hydrogen) atoms. The highest BCUT2D eigenvalue weighted by atomic mass is 79.9. The summed E-state index contributed by atoms with van der Waals surface area (Å²) in [6, 6.07) is 7.39. The average Bonchev–Trinajstić information content (AvgIpc) is 2.27. The van der Waals surface area contributed by atoms with Gasteiger partial charge in [0.25, 0.3) is 0 Å². The molecule has 3 N–H and O–H groups in total. The van der Waals surface area contributed by atoms with Crippen molar-refractivity contribution in [3.05, 3.63) is 34.3 Å². The highest BCUT2D eigenvalue weighted by Gasteiger charge is 2.19. The zero-order valence-electron chi connectivity index (χ0n) is 10.4. The van der Waals surface area contributed by atoms with E-state index in [0.29, 0.717) is 0 Å². The highest BCUT2D eigenvalue weighted by Crippen LogP contribution is 2.18. The summed E-state index contributed by atoms with van der Waals surface area (Å²) in [5.74, 6) is 0.0391. The van der Waals surface area contributed by atoms with E-state index in [1.165, 1.54) is 0 Å². The van der Waals surface area contributed by atoms with Crippen LogP contribution in [-0.2, 0) is 4.79 Å². The molecule has 94 valence electrons. The number of amides is 1. The third-order valence-corrected chi connectivity index (χ3v) is 3.22. The smallest absolute Gasteiger partial charge is 0.237 e. The van der Waals surface area contributed by atoms with Gasteiger partial charge in [-0.3, -0.25) is 4.79 Å². The van der Waals surface area contributed by atoms with Gasteiger partial charge in [0.2, 0.25) is 5.91 Å². The van der Waals surface area contributed by atoms with E-state index in [-0.39, 0.29) is 17.9 Å². The predicted octanol–water partition coefficient (Wildman–Crippen LogP) is 2.61. The molecule has 1 unspecified atom stereocenters. The minimum Gasteiger partial charge on any atom is -0.348 e. The minimum absolute atomic E-state index is 0.0372. The van der Waals surface area contributed by atoms with Crippen LogP contribution in [0.5, 0.6) is 0 Å². The number of benzene rings is 1. The van der Waals surface area contributed by atoms with Crippen LogP contribution in [0, 0.1) is 5.92 Å². The van der Waals surface area contributed by atoms with Crippen LogP contribution < -0.4 is 11.1 Å². The summed E-state index contributed by atoms with van der Waals surface area (Å²) in [4.78, 5) is 11.8. The monoisotopic (exact) mass is 298 g/mol. The molecule has 0 radical (unpaired) electrons. The van der Waals surface area contributed by atoms with Gasteiger partial charge in [-0.05, 0) is 30.5 Å². The molecular weight excluding hydrogens is 280 g/mol. The number of carbonyl (C=O) groups is 1. The van der Waals surface area contributed by atoms with E-state index in [2.05, 4.69) is 21.2 Å². The molecule has 0 aliphatic heterocycles. The molecule has 0 bridgehead atoms. The molecule has 1 aromatic rings. The van der Waals surface area contributed by atoms with E-state index in [1.807, 2.05) is 45.0 Å². The molecule has 0 aromatic heterocycles. The summed E-state index contributed by atoms with van der Waals surface area (Å²) in [5, 5.41) is 2.92. The topological polar surface area (TPSA) is 55.1 Å². The summed E-state index contributed by atoms with van der Waals surface area (Å²) >= 11 is 3.41. The number of carbonyl (C=O) groups excluding carboxylic acids is 1. The van der Waals surface area contributed by atoms with Crippen molar-refractivity contribution in [1.82, 2.24) is 5.32 Å². The first-order chi connectivity index (χ1) is 7.91. The van der Waals surface area contributed by atoms with Gasteiger partial charge in [0, 0.05) is 4.47 Å². The van der Waals surface area contributed by atoms with Gasteiger partial charge in [0.1, 0.15) is 0 Å². The molecule has 0 saturated heterocycles. The first-order valence-corrected chi connectivity index (χ1v) is 6.52. The Balaban J connectivity index is 2.66. The number of rotatable bonds is 4. The van der Waals surface area contributed by atoms with Gasteiger partial charge in [0.05, 0.1) is 12.1 Å². The first kappa shape index (κ1) is 14.2. The van der Waals surface area contributed by atoms with Gasteiger partial charge in [0.15, 0.2) is 0 Å². The van der Waals surface area contributed by atoms with Crippen LogP contribution >= 0.6 is 15.9 Å². The standard InChI is InChI=1S/C13H19BrN2O/c1-8(2)12(15)13(17)16-9(3)10-5-4-6-11(14)7-10/h4-9,12H,15H2,1-3H3,(H,16,17)/t9-,12?/m1/s1. The maximum Gasteiger partial charge on any atom is 0.237 e. The van der Waals surface area contributed by atoms with E-state index in [4.69, 9.17) is 5.73 Å². The SMILES string of the molecule is CC(C)C(N)C(=O)N[C@H](C)c1cccc(Br)c1. The second-order valence-corrected chi connectivity index (χ2v) is 5.47. The zero-order valence-corrected chi connectivity index (χ0v) is 12.0. The van der Waals surface area contributed by atoms with Crippen LogP contribution in [-0.4, -0.2) is 11.9 Å². The molecule has 0 heterocycles. The fourth-order valence-corrected chi connectivity index (χ4v) is 1.89. The third-order valence-electron chi connectivity index (χ3n) is 2.73. The van der Waals surface area contributed by atoms with Crippen molar-refractivity contribution in [2.24, 2.45) is 11.7 Å². The largest absolute Gasteiger partial charge is 0.348 e. The lowest BCUT2D eigenvalue weighted by Gasteiger charge is -2.20. The van der Waals surface area contributed by atoms with Crippen molar-refractivity contribution in [2.75, 3.05) is 0 Å². The Bertz CT molecular complexity index is 393. The van der Waals surface area contributed by atoms with Crippen molar-refractivity contribution in [1.29, 1.82) is 0 Å². The third kappa shape index (κ3) is 4.13. The van der Waals surface area contributed by atoms with Crippen molar-refractivity contribution in [3.8, 4) is 0 Å². The van der Waals surface area contributed by atoms with E-state index in [0.717, 1.165) is 10.0 Å². The minimum atomic E-state index is -0.454. The van der Waals surface area contributed by atoms with E-state index < -0.39 is 6.04 Å². The summed E-state index contributed by atoms with van der Waals surface area (Å²) in [6.45, 7) is 5.83. The molecule has 1 aromatic carbocycles. The number of hydrogen-bond acceptors (Lipinski definition) is 2. The molecule has 2 atom stereocenters. The van der Waals surface area contributed by atoms with Crippen molar-refractivity contribution < 1.29 is 4.79 Å². The van der Waals surface area contributed by atoms with Gasteiger partial charge in [-0.2, -0.15) is 0 Å². The maximum absolute atomic E-state index is 11.8. The molecule has 4 heteroatoms. The molecule has 0 spiro atoms. The zero-order chi connectivity index (χ0) is 13.0. The van der Waals surface area contributed by atoms with Gasteiger partial charge in [-0.1, -0.05) is 41.9 Å². The van der Waals surface area contributed by atoms with Crippen LogP contribution in [0.1, 0.15) is 32.4 Å². The van der Waals surface area contributed by atoms with Crippen molar-refractivity contribution in [3.63, 3.8) is 0 Å². The van der Waals surface area contributed by atoms with Crippen LogP contribution in [0.4, 0.5) is 0 Å². The molecule has 0 aliphatic rings. The molecule has 1 rings (SSSR count). The number of hydrogen-bond donors (Lipinski definition) is 2. The second kappa shape index (κ2) is 6.17. The molecule has 0 fully saturated rings. The Kier molecular flexibility index (Phi) is 5.15. The van der Waals surface area contributed by atoms with Crippen LogP contribution in [0.3, 0.4) is 0 Å². The Morgan fingerprint density at radius 2 is 2.00 bits per heavy atom. The molecule has 0 saturated carbocycles. The number of halogens is 1. The lowest BCUT2D eigenvalue weighted by atomic mass is 10.0. The molecule has 0 aliphatic carbocycles. The lowest BCUT2D eigenvalue weighted by Crippen LogP contribution is -2.44. The quantitative estimate of drug-likeness (QED) is 0.898. The van der Waals surface area contributed by atoms with Gasteiger partial charge in [-0.15, -0.1) is 0 Å². The van der Waals surface area contributed by atoms with Crippen LogP contribution in [0.15, 0.2) is 28.7 Å². The van der Waals surface area contributed by atoms with Gasteiger partial charge in [-0.25, -0.2) is 0 Å². The van der Waals surface area contributed by atoms with Crippen molar-refractivity contribution in [2.45, 2.75) is 32.9 Å². The van der Waals surface area contributed by atoms with Gasteiger partial charge >= 0.3 is 0 Å². The Morgan fingerprint density at radius 1 is 1.35 bits per heavy atom. The van der Waals surface area contributed by atoms with Gasteiger partial charge < -0.3 is 11.1 Å². The molecule has 1 amide bonds. The van der Waals surface area contributed by atoms with E-state index in [1.54, 1.807) is 0 Å². The predicted molar refractivity (Wildman–Crippen MR) is 73.5 cm³/mol. The fraction of sp³-hybridized carbons (Fsp3) is 0.462. The number of nitrogens with one attached hydrogen (secondary N) is 1. The maximum atomic E-state index is 11.8. The lowest BCUT2D eigenvalue weighted by molar-refractivity contribution is -0.123. The normalized spacial score (nSPS) is 14.5. The summed E-state index contributed by atoms with van der Waals surface area (Å²) in [6.07, 6.45) is 0. The average molecular weight is 299 g/mol. The van der Waals surface area contributed by atoms with Crippen LogP contribution in [0.25, 0.3) is 0 Å².